The molecule has 0 N–H and O–H groups in total. The molecule has 12 heteroatoms. The summed E-state index contributed by atoms with van der Waals surface area (Å²) in [5.74, 6) is -1.40. The molecule has 1 aliphatic rings. The summed E-state index contributed by atoms with van der Waals surface area (Å²) in [7, 11) is -2.96. The van der Waals surface area contributed by atoms with E-state index in [1.807, 2.05) is 0 Å². The highest BCUT2D eigenvalue weighted by atomic mass is 35.5. The van der Waals surface area contributed by atoms with Crippen molar-refractivity contribution in [2.75, 3.05) is 7.11 Å². The molecule has 2 amide bonds. The summed E-state index contributed by atoms with van der Waals surface area (Å²) in [6.07, 6.45) is 1.40. The van der Waals surface area contributed by atoms with Crippen molar-refractivity contribution in [1.29, 1.82) is 0 Å². The fourth-order valence-electron chi connectivity index (χ4n) is 3.25. The Balaban J connectivity index is 1.60. The highest BCUT2D eigenvalue weighted by molar-refractivity contribution is 8.18. The van der Waals surface area contributed by atoms with E-state index in [1.165, 1.54) is 67.8 Å². The van der Waals surface area contributed by atoms with Crippen molar-refractivity contribution in [2.24, 2.45) is 0 Å². The Morgan fingerprint density at radius 2 is 1.75 bits per heavy atom. The third kappa shape index (κ3) is 5.52. The van der Waals surface area contributed by atoms with Crippen molar-refractivity contribution >= 4 is 62.3 Å². The van der Waals surface area contributed by atoms with E-state index in [2.05, 4.69) is 0 Å². The van der Waals surface area contributed by atoms with Crippen LogP contribution < -0.4 is 8.92 Å². The van der Waals surface area contributed by atoms with Gasteiger partial charge in [0.15, 0.2) is 5.75 Å². The quantitative estimate of drug-likeness (QED) is 0.250. The Morgan fingerprint density at radius 1 is 1.06 bits per heavy atom. The lowest BCUT2D eigenvalue weighted by atomic mass is 10.1. The zero-order valence-electron chi connectivity index (χ0n) is 18.4. The van der Waals surface area contributed by atoms with Gasteiger partial charge in [0.2, 0.25) is 5.75 Å². The van der Waals surface area contributed by atoms with Crippen LogP contribution in [0.3, 0.4) is 0 Å². The van der Waals surface area contributed by atoms with Gasteiger partial charge in [0.1, 0.15) is 10.7 Å². The topological polar surface area (TPSA) is 90.0 Å². The van der Waals surface area contributed by atoms with E-state index in [9.17, 15) is 22.4 Å². The Labute approximate surface area is 220 Å². The molecule has 3 aromatic rings. The Hall–Kier alpha value is -3.05. The number of ether oxygens (including phenoxy) is 1. The smallest absolute Gasteiger partial charge is 0.339 e. The minimum atomic E-state index is -4.26. The number of carbonyl (C=O) groups excluding carboxylic acids is 2. The number of benzene rings is 3. The third-order valence-corrected chi connectivity index (χ3v) is 7.68. The maximum atomic E-state index is 14.0. The van der Waals surface area contributed by atoms with E-state index >= 15 is 0 Å². The number of nitrogens with zero attached hydrogens (tertiary/aromatic N) is 1. The molecule has 1 fully saturated rings. The van der Waals surface area contributed by atoms with Gasteiger partial charge in [-0.25, -0.2) is 4.39 Å². The molecule has 0 bridgehead atoms. The highest BCUT2D eigenvalue weighted by Gasteiger charge is 2.35. The molecule has 4 rings (SSSR count). The normalized spacial score (nSPS) is 15.0. The van der Waals surface area contributed by atoms with Crippen molar-refractivity contribution in [2.45, 2.75) is 11.4 Å². The van der Waals surface area contributed by atoms with Crippen molar-refractivity contribution < 1.29 is 31.3 Å². The Morgan fingerprint density at radius 3 is 2.42 bits per heavy atom. The maximum absolute atomic E-state index is 14.0. The molecule has 36 heavy (non-hydrogen) atoms. The van der Waals surface area contributed by atoms with E-state index in [4.69, 9.17) is 32.1 Å². The Bertz CT molecular complexity index is 1490. The van der Waals surface area contributed by atoms with Crippen molar-refractivity contribution in [3.63, 3.8) is 0 Å². The third-order valence-electron chi connectivity index (χ3n) is 5.00. The summed E-state index contributed by atoms with van der Waals surface area (Å²) in [5, 5.41) is -0.308. The lowest BCUT2D eigenvalue weighted by Crippen LogP contribution is -2.27. The molecule has 1 saturated heterocycles. The van der Waals surface area contributed by atoms with Gasteiger partial charge in [-0.05, 0) is 65.9 Å². The van der Waals surface area contributed by atoms with Crippen LogP contribution in [-0.4, -0.2) is 31.6 Å². The molecule has 0 atom stereocenters. The van der Waals surface area contributed by atoms with E-state index in [1.54, 1.807) is 6.07 Å². The zero-order valence-corrected chi connectivity index (χ0v) is 21.5. The van der Waals surface area contributed by atoms with Gasteiger partial charge < -0.3 is 8.92 Å². The molecule has 0 unspecified atom stereocenters. The van der Waals surface area contributed by atoms with Gasteiger partial charge >= 0.3 is 10.1 Å². The fourth-order valence-corrected chi connectivity index (χ4v) is 5.47. The number of methoxy groups -OCH3 is 1. The number of hydrogen-bond donors (Lipinski definition) is 0. The minimum absolute atomic E-state index is 0.0168. The summed E-state index contributed by atoms with van der Waals surface area (Å²) in [5.41, 5.74) is 0.554. The molecular weight excluding hydrogens is 552 g/mol. The summed E-state index contributed by atoms with van der Waals surface area (Å²) in [6.45, 7) is -0.214. The molecule has 0 aliphatic carbocycles. The molecular formula is C24H16Cl2FNO6S2. The van der Waals surface area contributed by atoms with E-state index in [0.29, 0.717) is 22.3 Å². The predicted octanol–water partition coefficient (Wildman–Crippen LogP) is 6.15. The van der Waals surface area contributed by atoms with Crippen LogP contribution in [0.1, 0.15) is 11.1 Å². The monoisotopic (exact) mass is 567 g/mol. The molecule has 0 radical (unpaired) electrons. The summed E-state index contributed by atoms with van der Waals surface area (Å²) in [6, 6.07) is 14.0. The number of imide groups is 1. The van der Waals surface area contributed by atoms with Gasteiger partial charge in [0, 0.05) is 10.6 Å². The summed E-state index contributed by atoms with van der Waals surface area (Å²) < 4.78 is 49.8. The van der Waals surface area contributed by atoms with Crippen LogP contribution in [0.5, 0.6) is 11.5 Å². The van der Waals surface area contributed by atoms with Crippen LogP contribution in [0, 0.1) is 5.82 Å². The number of amides is 2. The average molecular weight is 568 g/mol. The van der Waals surface area contributed by atoms with Gasteiger partial charge in [0.25, 0.3) is 11.1 Å². The highest BCUT2D eigenvalue weighted by Crippen LogP contribution is 2.40. The maximum Gasteiger partial charge on any atom is 0.339 e. The zero-order chi connectivity index (χ0) is 26.0. The van der Waals surface area contributed by atoms with Crippen LogP contribution in [0.2, 0.25) is 10.0 Å². The van der Waals surface area contributed by atoms with E-state index < -0.39 is 27.1 Å². The summed E-state index contributed by atoms with van der Waals surface area (Å²) >= 11 is 12.8. The van der Waals surface area contributed by atoms with Crippen molar-refractivity contribution in [3.05, 3.63) is 92.6 Å². The molecule has 1 heterocycles. The van der Waals surface area contributed by atoms with Crippen LogP contribution in [0.15, 0.2) is 70.5 Å². The molecule has 7 nitrogen and oxygen atoms in total. The average Bonchev–Trinajstić information content (AvgIpc) is 3.09. The largest absolute Gasteiger partial charge is 0.493 e. The standard InChI is InChI=1S/C24H16Cl2FNO6S2/c1-33-20-11-14(10-18(26)22(20)34-36(31,32)17-8-6-16(25)7-9-17)12-21-23(29)28(24(30)35-21)13-15-4-2-3-5-19(15)27/h2-12H,13H2,1H3/b21-12-. The van der Waals surface area contributed by atoms with Crippen molar-refractivity contribution in [3.8, 4) is 11.5 Å². The van der Waals surface area contributed by atoms with Gasteiger partial charge in [0.05, 0.1) is 23.6 Å². The number of rotatable bonds is 7. The Kier molecular flexibility index (Phi) is 7.60. The van der Waals surface area contributed by atoms with Gasteiger partial charge in [-0.15, -0.1) is 0 Å². The second kappa shape index (κ2) is 10.5. The molecule has 186 valence electrons. The number of thioether (sulfide) groups is 1. The second-order valence-corrected chi connectivity index (χ2v) is 10.8. The first kappa shape index (κ1) is 26.0. The first-order valence-corrected chi connectivity index (χ1v) is 13.1. The van der Waals surface area contributed by atoms with Crippen LogP contribution in [0.25, 0.3) is 6.08 Å². The van der Waals surface area contributed by atoms with Gasteiger partial charge in [-0.2, -0.15) is 8.42 Å². The van der Waals surface area contributed by atoms with Gasteiger partial charge in [-0.1, -0.05) is 41.4 Å². The minimum Gasteiger partial charge on any atom is -0.493 e. The molecule has 0 saturated carbocycles. The molecule has 0 aromatic heterocycles. The van der Waals surface area contributed by atoms with E-state index in [0.717, 1.165) is 4.90 Å². The summed E-state index contributed by atoms with van der Waals surface area (Å²) in [4.78, 5) is 26.1. The lowest BCUT2D eigenvalue weighted by molar-refractivity contribution is -0.123. The number of hydrogen-bond acceptors (Lipinski definition) is 7. The fraction of sp³-hybridized carbons (Fsp3) is 0.0833. The second-order valence-electron chi connectivity index (χ2n) is 7.38. The predicted molar refractivity (Wildman–Crippen MR) is 135 cm³/mol. The molecule has 0 spiro atoms. The van der Waals surface area contributed by atoms with E-state index in [-0.39, 0.29) is 38.4 Å². The van der Waals surface area contributed by atoms with Gasteiger partial charge in [-0.3, -0.25) is 14.5 Å². The van der Waals surface area contributed by atoms with Crippen LogP contribution in [-0.2, 0) is 21.5 Å². The molecule has 1 aliphatic heterocycles. The number of halogens is 3. The van der Waals surface area contributed by atoms with Crippen LogP contribution >= 0.6 is 35.0 Å². The first-order valence-electron chi connectivity index (χ1n) is 10.2. The van der Waals surface area contributed by atoms with Crippen molar-refractivity contribution in [1.82, 2.24) is 4.90 Å². The SMILES string of the molecule is COc1cc(/C=C2\SC(=O)N(Cc3ccccc3F)C2=O)cc(Cl)c1OS(=O)(=O)c1ccc(Cl)cc1. The first-order chi connectivity index (χ1) is 17.1. The number of carbonyl (C=O) groups is 2. The van der Waals surface area contributed by atoms with Crippen LogP contribution in [0.4, 0.5) is 9.18 Å². The molecule has 3 aromatic carbocycles. The lowest BCUT2D eigenvalue weighted by Gasteiger charge is -2.14.